The molecular formula is C9H8INO. The topological polar surface area (TPSA) is 33.0 Å². The molecule has 0 radical (unpaired) electrons. The zero-order valence-corrected chi connectivity index (χ0v) is 8.83. The van der Waals surface area contributed by atoms with Gasteiger partial charge in [0.2, 0.25) is 0 Å². The van der Waals surface area contributed by atoms with E-state index in [1.807, 2.05) is 18.2 Å². The van der Waals surface area contributed by atoms with Gasteiger partial charge in [-0.15, -0.1) is 0 Å². The summed E-state index contributed by atoms with van der Waals surface area (Å²) in [7, 11) is 1.61. The van der Waals surface area contributed by atoms with Gasteiger partial charge in [-0.1, -0.05) is 0 Å². The van der Waals surface area contributed by atoms with E-state index in [2.05, 4.69) is 28.7 Å². The molecule has 0 aliphatic heterocycles. The number of hydrogen-bond acceptors (Lipinski definition) is 2. The van der Waals surface area contributed by atoms with Gasteiger partial charge in [0.15, 0.2) is 0 Å². The quantitative estimate of drug-likeness (QED) is 0.775. The number of methoxy groups -OCH3 is 1. The Bertz CT molecular complexity index is 317. The van der Waals surface area contributed by atoms with Gasteiger partial charge in [0.1, 0.15) is 5.75 Å². The molecule has 1 rings (SSSR count). The van der Waals surface area contributed by atoms with E-state index in [9.17, 15) is 0 Å². The first-order chi connectivity index (χ1) is 5.77. The summed E-state index contributed by atoms with van der Waals surface area (Å²) in [6.45, 7) is 0. The number of halogens is 1. The molecule has 0 amide bonds. The van der Waals surface area contributed by atoms with E-state index < -0.39 is 0 Å². The van der Waals surface area contributed by atoms with Gasteiger partial charge >= 0.3 is 0 Å². The molecule has 0 heterocycles. The molecule has 0 fully saturated rings. The minimum absolute atomic E-state index is 0.403. The van der Waals surface area contributed by atoms with Gasteiger partial charge in [-0.2, -0.15) is 5.26 Å². The molecule has 0 N–H and O–H groups in total. The molecule has 0 aliphatic carbocycles. The highest BCUT2D eigenvalue weighted by Gasteiger charge is 2.01. The summed E-state index contributed by atoms with van der Waals surface area (Å²) >= 11 is 2.21. The number of nitriles is 1. The summed E-state index contributed by atoms with van der Waals surface area (Å²) in [5.41, 5.74) is 0.951. The van der Waals surface area contributed by atoms with E-state index in [4.69, 9.17) is 10.00 Å². The average molecular weight is 273 g/mol. The Kier molecular flexibility index (Phi) is 3.35. The second kappa shape index (κ2) is 4.31. The zero-order valence-electron chi connectivity index (χ0n) is 6.67. The molecule has 0 aromatic heterocycles. The molecule has 62 valence electrons. The molecule has 12 heavy (non-hydrogen) atoms. The van der Waals surface area contributed by atoms with Crippen LogP contribution in [0.5, 0.6) is 5.75 Å². The first-order valence-electron chi connectivity index (χ1n) is 3.47. The van der Waals surface area contributed by atoms with Crippen LogP contribution in [0.1, 0.15) is 5.56 Å². The fraction of sp³-hybridized carbons (Fsp3) is 0.222. The van der Waals surface area contributed by atoms with Crippen molar-refractivity contribution in [2.75, 3.05) is 7.11 Å². The predicted molar refractivity (Wildman–Crippen MR) is 55.0 cm³/mol. The predicted octanol–water partition coefficient (Wildman–Crippen LogP) is 2.37. The lowest BCUT2D eigenvalue weighted by Gasteiger charge is -2.04. The minimum Gasteiger partial charge on any atom is -0.496 e. The summed E-state index contributed by atoms with van der Waals surface area (Å²) in [6, 6.07) is 7.91. The van der Waals surface area contributed by atoms with Crippen LogP contribution in [-0.4, -0.2) is 7.11 Å². The van der Waals surface area contributed by atoms with Crippen molar-refractivity contribution in [1.29, 1.82) is 5.26 Å². The molecule has 0 saturated heterocycles. The second-order valence-electron chi connectivity index (χ2n) is 2.29. The van der Waals surface area contributed by atoms with Crippen molar-refractivity contribution in [1.82, 2.24) is 0 Å². The normalized spacial score (nSPS) is 9.08. The van der Waals surface area contributed by atoms with Crippen molar-refractivity contribution in [2.45, 2.75) is 6.42 Å². The molecular weight excluding hydrogens is 265 g/mol. The Labute approximate surface area is 85.3 Å². The van der Waals surface area contributed by atoms with E-state index in [-0.39, 0.29) is 0 Å². The van der Waals surface area contributed by atoms with Crippen LogP contribution in [0.15, 0.2) is 18.2 Å². The Morgan fingerprint density at radius 1 is 1.58 bits per heavy atom. The van der Waals surface area contributed by atoms with Crippen LogP contribution in [0.4, 0.5) is 0 Å². The van der Waals surface area contributed by atoms with Crippen LogP contribution in [0.3, 0.4) is 0 Å². The molecule has 0 saturated carbocycles. The SMILES string of the molecule is COc1ccc(I)cc1CC#N. The van der Waals surface area contributed by atoms with Crippen LogP contribution in [0.2, 0.25) is 0 Å². The van der Waals surface area contributed by atoms with Crippen molar-refractivity contribution in [2.24, 2.45) is 0 Å². The molecule has 0 atom stereocenters. The third-order valence-electron chi connectivity index (χ3n) is 1.51. The minimum atomic E-state index is 0.403. The van der Waals surface area contributed by atoms with Gasteiger partial charge in [0.25, 0.3) is 0 Å². The molecule has 0 spiro atoms. The molecule has 0 unspecified atom stereocenters. The van der Waals surface area contributed by atoms with E-state index in [0.717, 1.165) is 14.9 Å². The van der Waals surface area contributed by atoms with E-state index >= 15 is 0 Å². The molecule has 1 aromatic carbocycles. The Morgan fingerprint density at radius 3 is 2.92 bits per heavy atom. The first-order valence-corrected chi connectivity index (χ1v) is 4.55. The largest absolute Gasteiger partial charge is 0.496 e. The van der Waals surface area contributed by atoms with Gasteiger partial charge in [-0.25, -0.2) is 0 Å². The van der Waals surface area contributed by atoms with Crippen molar-refractivity contribution in [3.8, 4) is 11.8 Å². The number of benzene rings is 1. The van der Waals surface area contributed by atoms with Crippen LogP contribution in [0, 0.1) is 14.9 Å². The Balaban J connectivity index is 3.05. The number of nitrogens with zero attached hydrogens (tertiary/aromatic N) is 1. The maximum atomic E-state index is 8.52. The van der Waals surface area contributed by atoms with Gasteiger partial charge in [-0.3, -0.25) is 0 Å². The van der Waals surface area contributed by atoms with Crippen LogP contribution in [0.25, 0.3) is 0 Å². The summed E-state index contributed by atoms with van der Waals surface area (Å²) in [6.07, 6.45) is 0.403. The van der Waals surface area contributed by atoms with Gasteiger partial charge in [-0.05, 0) is 40.8 Å². The van der Waals surface area contributed by atoms with Gasteiger partial charge in [0, 0.05) is 9.13 Å². The molecule has 1 aromatic rings. The number of rotatable bonds is 2. The van der Waals surface area contributed by atoms with Crippen LogP contribution < -0.4 is 4.74 Å². The lowest BCUT2D eigenvalue weighted by atomic mass is 10.1. The Hall–Kier alpha value is -0.760. The number of ether oxygens (including phenoxy) is 1. The average Bonchev–Trinajstić information content (AvgIpc) is 2.05. The summed E-state index contributed by atoms with van der Waals surface area (Å²) in [4.78, 5) is 0. The zero-order chi connectivity index (χ0) is 8.97. The van der Waals surface area contributed by atoms with Gasteiger partial charge in [0.05, 0.1) is 19.6 Å². The monoisotopic (exact) mass is 273 g/mol. The van der Waals surface area contributed by atoms with Crippen molar-refractivity contribution < 1.29 is 4.74 Å². The first kappa shape index (κ1) is 9.33. The summed E-state index contributed by atoms with van der Waals surface area (Å²) < 4.78 is 6.22. The third kappa shape index (κ3) is 2.11. The maximum Gasteiger partial charge on any atom is 0.123 e. The van der Waals surface area contributed by atoms with Gasteiger partial charge < -0.3 is 4.74 Å². The summed E-state index contributed by atoms with van der Waals surface area (Å²) in [5, 5.41) is 8.52. The second-order valence-corrected chi connectivity index (χ2v) is 3.54. The lowest BCUT2D eigenvalue weighted by molar-refractivity contribution is 0.410. The third-order valence-corrected chi connectivity index (χ3v) is 2.18. The van der Waals surface area contributed by atoms with Crippen LogP contribution in [-0.2, 0) is 6.42 Å². The lowest BCUT2D eigenvalue weighted by Crippen LogP contribution is -1.91. The molecule has 0 aliphatic rings. The van der Waals surface area contributed by atoms with Crippen molar-refractivity contribution in [3.63, 3.8) is 0 Å². The van der Waals surface area contributed by atoms with Crippen molar-refractivity contribution >= 4 is 22.6 Å². The Morgan fingerprint density at radius 2 is 2.33 bits per heavy atom. The van der Waals surface area contributed by atoms with Crippen molar-refractivity contribution in [3.05, 3.63) is 27.3 Å². The highest BCUT2D eigenvalue weighted by atomic mass is 127. The molecule has 2 nitrogen and oxygen atoms in total. The van der Waals surface area contributed by atoms with E-state index in [0.29, 0.717) is 6.42 Å². The highest BCUT2D eigenvalue weighted by molar-refractivity contribution is 14.1. The van der Waals surface area contributed by atoms with E-state index in [1.165, 1.54) is 0 Å². The summed E-state index contributed by atoms with van der Waals surface area (Å²) in [5.74, 6) is 0.789. The standard InChI is InChI=1S/C9H8INO/c1-12-9-3-2-8(10)6-7(9)4-5-11/h2-3,6H,4H2,1H3. The number of hydrogen-bond donors (Lipinski definition) is 0. The molecule has 3 heteroatoms. The van der Waals surface area contributed by atoms with Crippen LogP contribution >= 0.6 is 22.6 Å². The highest BCUT2D eigenvalue weighted by Crippen LogP contribution is 2.20. The maximum absolute atomic E-state index is 8.52. The fourth-order valence-corrected chi connectivity index (χ4v) is 1.53. The fourth-order valence-electron chi connectivity index (χ4n) is 0.970. The smallest absolute Gasteiger partial charge is 0.123 e. The molecule has 0 bridgehead atoms. The van der Waals surface area contributed by atoms with E-state index in [1.54, 1.807) is 7.11 Å².